The first-order valence-corrected chi connectivity index (χ1v) is 10.1. The average Bonchev–Trinajstić information content (AvgIpc) is 2.75. The lowest BCUT2D eigenvalue weighted by atomic mass is 9.98. The molecule has 1 aromatic carbocycles. The quantitative estimate of drug-likeness (QED) is 0.171. The summed E-state index contributed by atoms with van der Waals surface area (Å²) < 4.78 is 10.2. The predicted octanol–water partition coefficient (Wildman–Crippen LogP) is 3.92. The summed E-state index contributed by atoms with van der Waals surface area (Å²) in [5.41, 5.74) is -0.941. The summed E-state index contributed by atoms with van der Waals surface area (Å²) in [7, 11) is 0. The number of nitro groups is 1. The third kappa shape index (κ3) is 6.18. The van der Waals surface area contributed by atoms with Crippen LogP contribution in [0.4, 0.5) is 10.5 Å². The van der Waals surface area contributed by atoms with Gasteiger partial charge in [-0.25, -0.2) is 4.79 Å². The van der Waals surface area contributed by atoms with Crippen LogP contribution >= 0.6 is 0 Å². The molecule has 1 aliphatic rings. The fourth-order valence-corrected chi connectivity index (χ4v) is 3.34. The molecule has 0 heterocycles. The first kappa shape index (κ1) is 23.7. The summed E-state index contributed by atoms with van der Waals surface area (Å²) in [6, 6.07) is 3.91. The van der Waals surface area contributed by atoms with Gasteiger partial charge in [0, 0.05) is 19.2 Å². The van der Waals surface area contributed by atoms with E-state index >= 15 is 0 Å². The van der Waals surface area contributed by atoms with E-state index in [0.717, 1.165) is 37.5 Å². The summed E-state index contributed by atoms with van der Waals surface area (Å²) in [6.07, 6.45) is 4.05. The molecule has 0 aliphatic heterocycles. The summed E-state index contributed by atoms with van der Waals surface area (Å²) in [4.78, 5) is 36.5. The molecule has 0 radical (unpaired) electrons. The van der Waals surface area contributed by atoms with Crippen molar-refractivity contribution in [2.45, 2.75) is 52.1 Å². The van der Waals surface area contributed by atoms with Crippen LogP contribution in [-0.4, -0.2) is 46.2 Å². The van der Waals surface area contributed by atoms with Crippen molar-refractivity contribution < 1.29 is 29.1 Å². The van der Waals surface area contributed by atoms with Crippen LogP contribution < -0.4 is 4.74 Å². The van der Waals surface area contributed by atoms with E-state index in [4.69, 9.17) is 9.47 Å². The lowest BCUT2D eigenvalue weighted by Gasteiger charge is -2.21. The number of likely N-dealkylation sites (N-methyl/N-ethyl adjacent to an activating group) is 1. The van der Waals surface area contributed by atoms with E-state index in [1.165, 1.54) is 4.90 Å². The SMILES string of the molecule is CCN(CC)C(=O)C(C#N)=Cc1cc(OC(=O)OC2CCCCC2)c(O)c([N+](=O)[O-])c1. The Kier molecular flexibility index (Phi) is 8.37. The number of phenolic OH excluding ortho intramolecular Hbond substituents is 1. The second-order valence-electron chi connectivity index (χ2n) is 7.02. The molecule has 0 atom stereocenters. The molecule has 31 heavy (non-hydrogen) atoms. The largest absolute Gasteiger partial charge is 0.514 e. The van der Waals surface area contributed by atoms with Crippen molar-refractivity contribution >= 4 is 23.8 Å². The van der Waals surface area contributed by atoms with Crippen LogP contribution in [0.15, 0.2) is 17.7 Å². The zero-order valence-corrected chi connectivity index (χ0v) is 17.5. The number of nitro benzene ring substituents is 1. The van der Waals surface area contributed by atoms with Gasteiger partial charge in [0.15, 0.2) is 5.75 Å². The summed E-state index contributed by atoms with van der Waals surface area (Å²) in [6.45, 7) is 4.27. The Balaban J connectivity index is 2.35. The van der Waals surface area contributed by atoms with E-state index < -0.39 is 34.2 Å². The highest BCUT2D eigenvalue weighted by Crippen LogP contribution is 2.38. The second-order valence-corrected chi connectivity index (χ2v) is 7.02. The van der Waals surface area contributed by atoms with E-state index in [1.807, 2.05) is 0 Å². The van der Waals surface area contributed by atoms with Crippen molar-refractivity contribution in [3.8, 4) is 17.6 Å². The van der Waals surface area contributed by atoms with Gasteiger partial charge >= 0.3 is 11.8 Å². The Morgan fingerprint density at radius 3 is 2.48 bits per heavy atom. The van der Waals surface area contributed by atoms with E-state index in [-0.39, 0.29) is 17.2 Å². The van der Waals surface area contributed by atoms with E-state index in [9.17, 15) is 30.1 Å². The number of rotatable bonds is 7. The van der Waals surface area contributed by atoms with Gasteiger partial charge in [-0.2, -0.15) is 5.26 Å². The number of phenols is 1. The molecule has 1 aliphatic carbocycles. The van der Waals surface area contributed by atoms with Crippen LogP contribution in [0, 0.1) is 21.4 Å². The molecule has 0 saturated heterocycles. The third-order valence-corrected chi connectivity index (χ3v) is 4.99. The minimum Gasteiger partial charge on any atom is -0.499 e. The molecule has 1 amide bonds. The van der Waals surface area contributed by atoms with Gasteiger partial charge in [-0.05, 0) is 57.2 Å². The van der Waals surface area contributed by atoms with Crippen molar-refractivity contribution in [3.05, 3.63) is 33.4 Å². The number of hydrogen-bond acceptors (Lipinski definition) is 8. The lowest BCUT2D eigenvalue weighted by molar-refractivity contribution is -0.385. The zero-order valence-electron chi connectivity index (χ0n) is 17.5. The maximum Gasteiger partial charge on any atom is 0.514 e. The van der Waals surface area contributed by atoms with Crippen LogP contribution in [-0.2, 0) is 9.53 Å². The van der Waals surface area contributed by atoms with Gasteiger partial charge in [0.2, 0.25) is 5.75 Å². The minimum atomic E-state index is -1.09. The normalized spacial score (nSPS) is 14.4. The highest BCUT2D eigenvalue weighted by molar-refractivity contribution is 6.01. The fraction of sp³-hybridized carbons (Fsp3) is 0.476. The van der Waals surface area contributed by atoms with E-state index in [2.05, 4.69) is 0 Å². The molecule has 0 spiro atoms. The van der Waals surface area contributed by atoms with Crippen LogP contribution in [0.5, 0.6) is 11.5 Å². The van der Waals surface area contributed by atoms with Crippen molar-refractivity contribution in [1.29, 1.82) is 5.26 Å². The summed E-state index contributed by atoms with van der Waals surface area (Å²) in [5, 5.41) is 30.9. The standard InChI is InChI=1S/C21H25N3O7/c1-3-23(4-2)20(26)15(13-22)10-14-11-17(24(28)29)19(25)18(12-14)31-21(27)30-16-8-6-5-7-9-16/h10-12,16,25H,3-9H2,1-2H3. The molecule has 1 saturated carbocycles. The molecule has 1 aromatic rings. The summed E-state index contributed by atoms with van der Waals surface area (Å²) >= 11 is 0. The molecular formula is C21H25N3O7. The van der Waals surface area contributed by atoms with Crippen molar-refractivity contribution in [2.75, 3.05) is 13.1 Å². The Morgan fingerprint density at radius 2 is 1.94 bits per heavy atom. The van der Waals surface area contributed by atoms with E-state index in [1.54, 1.807) is 19.9 Å². The van der Waals surface area contributed by atoms with Gasteiger partial charge in [0.1, 0.15) is 17.7 Å². The molecule has 1 fully saturated rings. The number of carbonyl (C=O) groups is 2. The van der Waals surface area contributed by atoms with Crippen LogP contribution in [0.1, 0.15) is 51.5 Å². The number of aromatic hydroxyl groups is 1. The van der Waals surface area contributed by atoms with Crippen LogP contribution in [0.2, 0.25) is 0 Å². The third-order valence-electron chi connectivity index (χ3n) is 4.99. The molecule has 2 rings (SSSR count). The fourth-order valence-electron chi connectivity index (χ4n) is 3.34. The van der Waals surface area contributed by atoms with Crippen LogP contribution in [0.25, 0.3) is 6.08 Å². The number of nitrogens with zero attached hydrogens (tertiary/aromatic N) is 3. The topological polar surface area (TPSA) is 143 Å². The number of nitriles is 1. The molecule has 0 aromatic heterocycles. The molecule has 10 heteroatoms. The number of carbonyl (C=O) groups excluding carboxylic acids is 2. The van der Waals surface area contributed by atoms with Gasteiger partial charge in [-0.15, -0.1) is 0 Å². The predicted molar refractivity (Wildman–Crippen MR) is 110 cm³/mol. The number of amides is 1. The number of ether oxygens (including phenoxy) is 2. The number of hydrogen-bond donors (Lipinski definition) is 1. The molecule has 1 N–H and O–H groups in total. The van der Waals surface area contributed by atoms with Gasteiger partial charge in [0.05, 0.1) is 4.92 Å². The minimum absolute atomic E-state index is 0.0435. The monoisotopic (exact) mass is 431 g/mol. The first-order chi connectivity index (χ1) is 14.8. The van der Waals surface area contributed by atoms with E-state index in [0.29, 0.717) is 25.9 Å². The maximum absolute atomic E-state index is 12.5. The van der Waals surface area contributed by atoms with Crippen LogP contribution in [0.3, 0.4) is 0 Å². The van der Waals surface area contributed by atoms with Gasteiger partial charge in [-0.3, -0.25) is 14.9 Å². The number of benzene rings is 1. The first-order valence-electron chi connectivity index (χ1n) is 10.1. The Bertz CT molecular complexity index is 910. The van der Waals surface area contributed by atoms with Gasteiger partial charge < -0.3 is 19.5 Å². The molecule has 166 valence electrons. The Labute approximate surface area is 179 Å². The molecular weight excluding hydrogens is 406 g/mol. The Hall–Kier alpha value is -3.61. The maximum atomic E-state index is 12.5. The second kappa shape index (κ2) is 11.0. The summed E-state index contributed by atoms with van der Waals surface area (Å²) in [5.74, 6) is -1.88. The molecule has 0 bridgehead atoms. The average molecular weight is 431 g/mol. The van der Waals surface area contributed by atoms with Crippen molar-refractivity contribution in [3.63, 3.8) is 0 Å². The lowest BCUT2D eigenvalue weighted by Crippen LogP contribution is -2.31. The highest BCUT2D eigenvalue weighted by Gasteiger charge is 2.25. The zero-order chi connectivity index (χ0) is 23.0. The highest BCUT2D eigenvalue weighted by atomic mass is 16.7. The van der Waals surface area contributed by atoms with Gasteiger partial charge in [0.25, 0.3) is 5.91 Å². The smallest absolute Gasteiger partial charge is 0.499 e. The van der Waals surface area contributed by atoms with Crippen molar-refractivity contribution in [1.82, 2.24) is 4.90 Å². The molecule has 10 nitrogen and oxygen atoms in total. The van der Waals surface area contributed by atoms with Gasteiger partial charge in [-0.1, -0.05) is 6.42 Å². The van der Waals surface area contributed by atoms with Crippen molar-refractivity contribution in [2.24, 2.45) is 0 Å². The Morgan fingerprint density at radius 1 is 1.29 bits per heavy atom. The molecule has 0 unspecified atom stereocenters.